The van der Waals surface area contributed by atoms with E-state index in [2.05, 4.69) is 0 Å². The van der Waals surface area contributed by atoms with Gasteiger partial charge in [0.2, 0.25) is 8.32 Å². The third-order valence-electron chi connectivity index (χ3n) is 1.61. The molecule has 0 atom stereocenters. The quantitative estimate of drug-likeness (QED) is 0.809. The van der Waals surface area contributed by atoms with Crippen molar-refractivity contribution in [2.24, 2.45) is 0 Å². The minimum Gasteiger partial charge on any atom is -0.542 e. The third kappa shape index (κ3) is 3.05. The zero-order chi connectivity index (χ0) is 11.6. The first kappa shape index (κ1) is 11.7. The molecule has 5 heteroatoms. The number of carbonyl (C=O) groups is 1. The minimum absolute atomic E-state index is 0.0223. The predicted molar refractivity (Wildman–Crippen MR) is 57.3 cm³/mol. The fraction of sp³-hybridized carbons (Fsp3) is 0.300. The number of benzene rings is 1. The van der Waals surface area contributed by atoms with Crippen molar-refractivity contribution < 1.29 is 18.7 Å². The predicted octanol–water partition coefficient (Wildman–Crippen LogP) is 2.74. The van der Waals surface area contributed by atoms with Gasteiger partial charge in [0.1, 0.15) is 5.75 Å². The highest BCUT2D eigenvalue weighted by molar-refractivity contribution is 6.70. The number of hydrogen-bond donors (Lipinski definition) is 1. The van der Waals surface area contributed by atoms with E-state index in [1.54, 1.807) is 0 Å². The van der Waals surface area contributed by atoms with Crippen LogP contribution in [-0.2, 0) is 0 Å². The van der Waals surface area contributed by atoms with Crippen LogP contribution in [0.25, 0.3) is 0 Å². The van der Waals surface area contributed by atoms with Gasteiger partial charge in [0.25, 0.3) is 0 Å². The summed E-state index contributed by atoms with van der Waals surface area (Å²) >= 11 is 0. The first-order valence-corrected chi connectivity index (χ1v) is 7.93. The van der Waals surface area contributed by atoms with E-state index in [0.717, 1.165) is 0 Å². The number of halogens is 1. The lowest BCUT2D eigenvalue weighted by molar-refractivity contribution is 0.0691. The van der Waals surface area contributed by atoms with Crippen LogP contribution in [0.4, 0.5) is 4.39 Å². The number of carboxylic acids is 1. The summed E-state index contributed by atoms with van der Waals surface area (Å²) < 4.78 is 19.0. The molecule has 0 aromatic heterocycles. The monoisotopic (exact) mass is 228 g/mol. The third-order valence-corrected chi connectivity index (χ3v) is 2.44. The molecule has 0 aliphatic heterocycles. The van der Waals surface area contributed by atoms with Gasteiger partial charge < -0.3 is 9.53 Å². The minimum atomic E-state index is -1.92. The van der Waals surface area contributed by atoms with Crippen molar-refractivity contribution in [1.29, 1.82) is 0 Å². The van der Waals surface area contributed by atoms with Crippen LogP contribution < -0.4 is 4.43 Å². The molecule has 1 N–H and O–H groups in total. The molecule has 0 spiro atoms. The van der Waals surface area contributed by atoms with E-state index in [9.17, 15) is 9.18 Å². The Balaban J connectivity index is 3.10. The van der Waals surface area contributed by atoms with Crippen molar-refractivity contribution in [2.45, 2.75) is 19.6 Å². The van der Waals surface area contributed by atoms with Gasteiger partial charge in [0.15, 0.2) is 5.82 Å². The Kier molecular flexibility index (Phi) is 3.14. The van der Waals surface area contributed by atoms with Gasteiger partial charge in [-0.25, -0.2) is 9.18 Å². The van der Waals surface area contributed by atoms with Crippen molar-refractivity contribution in [3.8, 4) is 5.75 Å². The Morgan fingerprint density at radius 2 is 2.00 bits per heavy atom. The molecule has 0 heterocycles. The second-order valence-electron chi connectivity index (χ2n) is 4.14. The lowest BCUT2D eigenvalue weighted by atomic mass is 10.2. The molecule has 0 saturated heterocycles. The summed E-state index contributed by atoms with van der Waals surface area (Å²) in [5.41, 5.74) is -0.356. The normalized spacial score (nSPS) is 11.2. The smallest absolute Gasteiger partial charge is 0.338 e. The summed E-state index contributed by atoms with van der Waals surface area (Å²) in [7, 11) is -1.92. The molecule has 0 aliphatic carbocycles. The fourth-order valence-corrected chi connectivity index (χ4v) is 1.90. The Morgan fingerprint density at radius 3 is 2.47 bits per heavy atom. The molecule has 0 bridgehead atoms. The van der Waals surface area contributed by atoms with E-state index in [4.69, 9.17) is 9.53 Å². The molecule has 0 saturated carbocycles. The van der Waals surface area contributed by atoms with Gasteiger partial charge in [-0.3, -0.25) is 0 Å². The van der Waals surface area contributed by atoms with E-state index in [1.165, 1.54) is 18.2 Å². The van der Waals surface area contributed by atoms with Gasteiger partial charge in [-0.2, -0.15) is 0 Å². The molecule has 0 radical (unpaired) electrons. The van der Waals surface area contributed by atoms with E-state index >= 15 is 0 Å². The van der Waals surface area contributed by atoms with E-state index in [0.29, 0.717) is 0 Å². The Labute approximate surface area is 88.6 Å². The molecule has 1 rings (SSSR count). The lowest BCUT2D eigenvalue weighted by Crippen LogP contribution is -2.30. The van der Waals surface area contributed by atoms with Crippen LogP contribution in [0, 0.1) is 5.82 Å². The zero-order valence-electron chi connectivity index (χ0n) is 8.87. The largest absolute Gasteiger partial charge is 0.542 e. The summed E-state index contributed by atoms with van der Waals surface area (Å²) in [6.45, 7) is 5.71. The van der Waals surface area contributed by atoms with Gasteiger partial charge in [0, 0.05) is 0 Å². The van der Waals surface area contributed by atoms with E-state index < -0.39 is 20.1 Å². The van der Waals surface area contributed by atoms with Crippen molar-refractivity contribution >= 4 is 14.3 Å². The van der Waals surface area contributed by atoms with Crippen molar-refractivity contribution in [3.63, 3.8) is 0 Å². The maximum absolute atomic E-state index is 13.6. The molecular formula is C10H13FO3Si. The first-order valence-electron chi connectivity index (χ1n) is 4.52. The SMILES string of the molecule is C[Si](C)(C)Oc1cccc(C(=O)O)c1F. The maximum atomic E-state index is 13.6. The molecule has 3 nitrogen and oxygen atoms in total. The average molecular weight is 228 g/mol. The summed E-state index contributed by atoms with van der Waals surface area (Å²) in [5.74, 6) is -2.06. The van der Waals surface area contributed by atoms with Crippen LogP contribution in [0.15, 0.2) is 18.2 Å². The summed E-state index contributed by atoms with van der Waals surface area (Å²) in [4.78, 5) is 10.7. The number of carboxylic acid groups (broad SMARTS) is 1. The standard InChI is InChI=1S/C10H13FO3Si/c1-15(2,3)14-8-6-4-5-7(9(8)11)10(12)13/h4-6H,1-3H3,(H,12,13). The summed E-state index contributed by atoms with van der Waals surface area (Å²) in [5, 5.41) is 8.70. The summed E-state index contributed by atoms with van der Waals surface area (Å²) in [6.07, 6.45) is 0. The van der Waals surface area contributed by atoms with E-state index in [1.807, 2.05) is 19.6 Å². The topological polar surface area (TPSA) is 46.5 Å². The van der Waals surface area contributed by atoms with Crippen LogP contribution in [0.1, 0.15) is 10.4 Å². The molecule has 82 valence electrons. The van der Waals surface area contributed by atoms with Gasteiger partial charge >= 0.3 is 5.97 Å². The molecule has 0 fully saturated rings. The van der Waals surface area contributed by atoms with Crippen LogP contribution in [0.5, 0.6) is 5.75 Å². The maximum Gasteiger partial charge on any atom is 0.338 e. The van der Waals surface area contributed by atoms with Crippen molar-refractivity contribution in [1.82, 2.24) is 0 Å². The Bertz CT molecular complexity index is 385. The fourth-order valence-electron chi connectivity index (χ4n) is 1.08. The van der Waals surface area contributed by atoms with Gasteiger partial charge in [-0.15, -0.1) is 0 Å². The highest BCUT2D eigenvalue weighted by Crippen LogP contribution is 2.23. The number of aromatic carboxylic acids is 1. The number of hydrogen-bond acceptors (Lipinski definition) is 2. The van der Waals surface area contributed by atoms with Crippen LogP contribution >= 0.6 is 0 Å². The summed E-state index contributed by atoms with van der Waals surface area (Å²) in [6, 6.07) is 4.14. The highest BCUT2D eigenvalue weighted by atomic mass is 28.4. The van der Waals surface area contributed by atoms with Crippen molar-refractivity contribution in [3.05, 3.63) is 29.6 Å². The Morgan fingerprint density at radius 1 is 1.40 bits per heavy atom. The molecule has 0 aliphatic rings. The zero-order valence-corrected chi connectivity index (χ0v) is 9.87. The second kappa shape index (κ2) is 4.02. The highest BCUT2D eigenvalue weighted by Gasteiger charge is 2.21. The molecule has 0 amide bonds. The Hall–Kier alpha value is -1.36. The van der Waals surface area contributed by atoms with Gasteiger partial charge in [-0.05, 0) is 31.8 Å². The molecule has 1 aromatic carbocycles. The van der Waals surface area contributed by atoms with E-state index in [-0.39, 0.29) is 11.3 Å². The van der Waals surface area contributed by atoms with Crippen LogP contribution in [-0.4, -0.2) is 19.4 Å². The molecule has 1 aromatic rings. The number of rotatable bonds is 3. The second-order valence-corrected chi connectivity index (χ2v) is 8.57. The molecule has 15 heavy (non-hydrogen) atoms. The lowest BCUT2D eigenvalue weighted by Gasteiger charge is -2.19. The first-order chi connectivity index (χ1) is 6.81. The van der Waals surface area contributed by atoms with Gasteiger partial charge in [-0.1, -0.05) is 6.07 Å². The van der Waals surface area contributed by atoms with Crippen LogP contribution in [0.2, 0.25) is 19.6 Å². The van der Waals surface area contributed by atoms with Crippen LogP contribution in [0.3, 0.4) is 0 Å². The molecular weight excluding hydrogens is 215 g/mol. The van der Waals surface area contributed by atoms with Gasteiger partial charge in [0.05, 0.1) is 5.56 Å². The molecule has 0 unspecified atom stereocenters. The average Bonchev–Trinajstić information content (AvgIpc) is 2.05. The van der Waals surface area contributed by atoms with Crippen molar-refractivity contribution in [2.75, 3.05) is 0 Å².